The number of carbonyl (C=O) groups is 2. The summed E-state index contributed by atoms with van der Waals surface area (Å²) in [5, 5.41) is 4.69. The summed E-state index contributed by atoms with van der Waals surface area (Å²) in [6.45, 7) is 0.610. The molecule has 0 bridgehead atoms. The molecule has 3 aromatic rings. The van der Waals surface area contributed by atoms with Gasteiger partial charge in [0, 0.05) is 30.5 Å². The van der Waals surface area contributed by atoms with E-state index in [1.165, 1.54) is 34.4 Å². The van der Waals surface area contributed by atoms with Crippen LogP contribution in [0.3, 0.4) is 0 Å². The smallest absolute Gasteiger partial charge is 0.405 e. The van der Waals surface area contributed by atoms with Crippen LogP contribution in [0.15, 0.2) is 40.5 Å². The number of piperidine rings is 1. The molecule has 4 rings (SSSR count). The van der Waals surface area contributed by atoms with Gasteiger partial charge in [-0.25, -0.2) is 4.98 Å². The number of nitrogens with one attached hydrogen (secondary N) is 2. The Morgan fingerprint density at radius 2 is 1.91 bits per heavy atom. The van der Waals surface area contributed by atoms with Gasteiger partial charge in [0.05, 0.1) is 10.6 Å². The third-order valence-corrected chi connectivity index (χ3v) is 6.23. The number of hydrogen-bond donors (Lipinski definition) is 3. The predicted molar refractivity (Wildman–Crippen MR) is 120 cm³/mol. The Bertz CT molecular complexity index is 1300. The van der Waals surface area contributed by atoms with Crippen LogP contribution in [0.5, 0.6) is 5.75 Å². The van der Waals surface area contributed by atoms with E-state index in [0.29, 0.717) is 30.9 Å². The fourth-order valence-corrected chi connectivity index (χ4v) is 4.61. The van der Waals surface area contributed by atoms with Gasteiger partial charge in [-0.05, 0) is 25.0 Å². The van der Waals surface area contributed by atoms with E-state index in [-0.39, 0.29) is 28.9 Å². The number of nitrogens with zero attached hydrogens (tertiary/aromatic N) is 3. The minimum Gasteiger partial charge on any atom is -0.405 e. The number of thiazole rings is 1. The molecule has 1 aliphatic heterocycles. The number of aromatic nitrogens is 3. The lowest BCUT2D eigenvalue weighted by Crippen LogP contribution is -2.38. The number of ether oxygens (including phenoxy) is 1. The number of amides is 2. The minimum atomic E-state index is -4.91. The number of alkyl halides is 3. The number of anilines is 2. The van der Waals surface area contributed by atoms with Gasteiger partial charge >= 0.3 is 6.36 Å². The maximum Gasteiger partial charge on any atom is 0.573 e. The number of H-pyrrole nitrogens is 1. The van der Waals surface area contributed by atoms with Crippen LogP contribution in [0.2, 0.25) is 0 Å². The first kappa shape index (κ1) is 24.2. The highest BCUT2D eigenvalue weighted by Gasteiger charge is 2.34. The summed E-state index contributed by atoms with van der Waals surface area (Å²) < 4.78 is 42.0. The highest BCUT2D eigenvalue weighted by molar-refractivity contribution is 7.10. The van der Waals surface area contributed by atoms with Gasteiger partial charge in [-0.3, -0.25) is 24.7 Å². The Labute approximate surface area is 200 Å². The number of rotatable bonds is 5. The number of halogens is 3. The SMILES string of the molecule is Nc1cc(=O)[nH]c(NC(=O)c2csc(C3CCN(C(=O)c4ccccc4OC(F)(F)F)CC3)n2)n1. The third kappa shape index (κ3) is 5.95. The summed E-state index contributed by atoms with van der Waals surface area (Å²) in [5.41, 5.74) is 4.96. The van der Waals surface area contributed by atoms with Gasteiger partial charge in [0.15, 0.2) is 0 Å². The van der Waals surface area contributed by atoms with Gasteiger partial charge in [-0.15, -0.1) is 24.5 Å². The van der Waals surface area contributed by atoms with Crippen molar-refractivity contribution in [3.05, 3.63) is 62.3 Å². The Morgan fingerprint density at radius 1 is 1.20 bits per heavy atom. The Kier molecular flexibility index (Phi) is 6.73. The second-order valence-electron chi connectivity index (χ2n) is 7.65. The minimum absolute atomic E-state index is 0.0300. The van der Waals surface area contributed by atoms with Crippen molar-refractivity contribution in [3.63, 3.8) is 0 Å². The first-order valence-corrected chi connectivity index (χ1v) is 11.2. The van der Waals surface area contributed by atoms with E-state index in [9.17, 15) is 27.6 Å². The summed E-state index contributed by atoms with van der Waals surface area (Å²) >= 11 is 1.28. The highest BCUT2D eigenvalue weighted by atomic mass is 32.1. The van der Waals surface area contributed by atoms with Crippen LogP contribution in [-0.4, -0.2) is 51.1 Å². The topological polar surface area (TPSA) is 143 Å². The number of nitrogen functional groups attached to an aromatic ring is 1. The molecule has 0 radical (unpaired) electrons. The predicted octanol–water partition coefficient (Wildman–Crippen LogP) is 2.98. The first-order chi connectivity index (χ1) is 16.6. The van der Waals surface area contributed by atoms with Gasteiger partial charge < -0.3 is 15.4 Å². The average molecular weight is 508 g/mol. The van der Waals surface area contributed by atoms with E-state index in [4.69, 9.17) is 5.73 Å². The monoisotopic (exact) mass is 508 g/mol. The van der Waals surface area contributed by atoms with Crippen molar-refractivity contribution < 1.29 is 27.5 Å². The van der Waals surface area contributed by atoms with Crippen LogP contribution in [-0.2, 0) is 0 Å². The van der Waals surface area contributed by atoms with E-state index in [0.717, 1.165) is 12.1 Å². The molecule has 14 heteroatoms. The molecular formula is C21H19F3N6O4S. The average Bonchev–Trinajstić information content (AvgIpc) is 3.28. The molecule has 0 aliphatic carbocycles. The molecule has 1 aromatic carbocycles. The van der Waals surface area contributed by atoms with E-state index < -0.39 is 29.5 Å². The molecule has 1 saturated heterocycles. The van der Waals surface area contributed by atoms with E-state index in [2.05, 4.69) is 25.0 Å². The molecule has 184 valence electrons. The lowest BCUT2D eigenvalue weighted by atomic mass is 9.97. The molecule has 1 aliphatic rings. The molecule has 4 N–H and O–H groups in total. The van der Waals surface area contributed by atoms with Crippen molar-refractivity contribution in [2.45, 2.75) is 25.1 Å². The quantitative estimate of drug-likeness (QED) is 0.481. The summed E-state index contributed by atoms with van der Waals surface area (Å²) in [7, 11) is 0. The van der Waals surface area contributed by atoms with Crippen molar-refractivity contribution in [2.75, 3.05) is 24.1 Å². The van der Waals surface area contributed by atoms with Crippen LogP contribution in [0.25, 0.3) is 0 Å². The van der Waals surface area contributed by atoms with Gasteiger partial charge in [0.2, 0.25) is 5.95 Å². The molecule has 0 saturated carbocycles. The maximum atomic E-state index is 12.8. The largest absolute Gasteiger partial charge is 0.573 e. The standard InChI is InChI=1S/C21H19F3N6O4S/c22-21(23,24)34-14-4-2-1-3-12(14)19(33)30-7-5-11(6-8-30)18-26-13(10-35-18)17(32)29-20-27-15(25)9-16(31)28-20/h1-4,9-11H,5-8H2,(H4,25,27,28,29,31,32). The lowest BCUT2D eigenvalue weighted by Gasteiger charge is -2.31. The van der Waals surface area contributed by atoms with Crippen molar-refractivity contribution in [2.24, 2.45) is 0 Å². The van der Waals surface area contributed by atoms with E-state index >= 15 is 0 Å². The fraction of sp³-hybridized carbons (Fsp3) is 0.286. The lowest BCUT2D eigenvalue weighted by molar-refractivity contribution is -0.274. The molecule has 1 fully saturated rings. The summed E-state index contributed by atoms with van der Waals surface area (Å²) in [6, 6.07) is 6.31. The van der Waals surface area contributed by atoms with Crippen molar-refractivity contribution >= 4 is 34.9 Å². The third-order valence-electron chi connectivity index (χ3n) is 5.22. The zero-order valence-electron chi connectivity index (χ0n) is 18.0. The fourth-order valence-electron chi connectivity index (χ4n) is 3.64. The number of para-hydroxylation sites is 1. The van der Waals surface area contributed by atoms with Crippen LogP contribution in [0.1, 0.15) is 44.6 Å². The van der Waals surface area contributed by atoms with E-state index in [1.54, 1.807) is 5.38 Å². The zero-order chi connectivity index (χ0) is 25.2. The number of nitrogens with two attached hydrogens (primary N) is 1. The number of likely N-dealkylation sites (tertiary alicyclic amines) is 1. The number of carbonyl (C=O) groups excluding carboxylic acids is 2. The molecule has 35 heavy (non-hydrogen) atoms. The second-order valence-corrected chi connectivity index (χ2v) is 8.54. The molecule has 0 atom stereocenters. The summed E-state index contributed by atoms with van der Waals surface area (Å²) in [6.07, 6.45) is -3.86. The highest BCUT2D eigenvalue weighted by Crippen LogP contribution is 2.33. The first-order valence-electron chi connectivity index (χ1n) is 10.4. The van der Waals surface area contributed by atoms with Gasteiger partial charge in [0.25, 0.3) is 17.4 Å². The Morgan fingerprint density at radius 3 is 2.60 bits per heavy atom. The zero-order valence-corrected chi connectivity index (χ0v) is 18.8. The molecule has 2 aromatic heterocycles. The normalized spacial score (nSPS) is 14.5. The molecule has 3 heterocycles. The number of hydrogen-bond acceptors (Lipinski definition) is 8. The van der Waals surface area contributed by atoms with Crippen LogP contribution in [0, 0.1) is 0 Å². The van der Waals surface area contributed by atoms with Gasteiger partial charge in [-0.1, -0.05) is 12.1 Å². The summed E-state index contributed by atoms with van der Waals surface area (Å²) in [5.74, 6) is -1.84. The molecule has 10 nitrogen and oxygen atoms in total. The van der Waals surface area contributed by atoms with Crippen LogP contribution < -0.4 is 21.3 Å². The van der Waals surface area contributed by atoms with Gasteiger partial charge in [0.1, 0.15) is 17.3 Å². The van der Waals surface area contributed by atoms with Crippen molar-refractivity contribution in [1.82, 2.24) is 19.9 Å². The molecular weight excluding hydrogens is 489 g/mol. The van der Waals surface area contributed by atoms with E-state index in [1.807, 2.05) is 0 Å². The van der Waals surface area contributed by atoms with Crippen LogP contribution in [0.4, 0.5) is 24.9 Å². The number of benzene rings is 1. The Balaban J connectivity index is 1.38. The van der Waals surface area contributed by atoms with Crippen molar-refractivity contribution in [1.29, 1.82) is 0 Å². The maximum absolute atomic E-state index is 12.8. The molecule has 0 unspecified atom stereocenters. The van der Waals surface area contributed by atoms with Crippen molar-refractivity contribution in [3.8, 4) is 5.75 Å². The molecule has 2 amide bonds. The molecule has 0 spiro atoms. The second kappa shape index (κ2) is 9.74. The number of aromatic amines is 1. The van der Waals surface area contributed by atoms with Gasteiger partial charge in [-0.2, -0.15) is 4.98 Å². The summed E-state index contributed by atoms with van der Waals surface area (Å²) in [4.78, 5) is 48.8. The van der Waals surface area contributed by atoms with Crippen LogP contribution >= 0.6 is 11.3 Å². The Hall–Kier alpha value is -3.94.